The molecule has 4 rings (SSSR count). The number of rotatable bonds is 4. The summed E-state index contributed by atoms with van der Waals surface area (Å²) in [7, 11) is 2.23. The van der Waals surface area contributed by atoms with E-state index < -0.39 is 0 Å². The normalized spacial score (nSPS) is 13.1. The molecule has 0 radical (unpaired) electrons. The number of halogens is 1. The number of carbonyl (C=O) groups excluding carboxylic acids is 1. The maximum absolute atomic E-state index is 12.3. The number of allylic oxidation sites excluding steroid dienone is 1. The zero-order valence-corrected chi connectivity index (χ0v) is 17.5. The van der Waals surface area contributed by atoms with Crippen molar-refractivity contribution in [1.29, 1.82) is 0 Å². The Morgan fingerprint density at radius 3 is 2.69 bits per heavy atom. The minimum atomic E-state index is -0.0151. The molecule has 0 bridgehead atoms. The third-order valence-corrected chi connectivity index (χ3v) is 5.23. The molecule has 0 saturated heterocycles. The SMILES string of the molecule is C=C(CC)N1CC(=O)N(C)c2cnc(Nc3cc4nsnc4cc3C)nc21.CF. The molecule has 0 aliphatic carbocycles. The van der Waals surface area contributed by atoms with Gasteiger partial charge in [0.15, 0.2) is 5.82 Å². The Morgan fingerprint density at radius 2 is 2.00 bits per heavy atom. The number of carbonyl (C=O) groups is 1. The van der Waals surface area contributed by atoms with E-state index in [4.69, 9.17) is 0 Å². The third-order valence-electron chi connectivity index (χ3n) is 4.67. The average molecular weight is 415 g/mol. The highest BCUT2D eigenvalue weighted by atomic mass is 32.1. The van der Waals surface area contributed by atoms with E-state index in [1.165, 1.54) is 11.7 Å². The summed E-state index contributed by atoms with van der Waals surface area (Å²) in [6, 6.07) is 3.92. The monoisotopic (exact) mass is 415 g/mol. The first kappa shape index (κ1) is 20.6. The number of nitrogens with zero attached hydrogens (tertiary/aromatic N) is 6. The Kier molecular flexibility index (Phi) is 6.02. The molecule has 0 fully saturated rings. The van der Waals surface area contributed by atoms with Crippen molar-refractivity contribution in [3.63, 3.8) is 0 Å². The highest BCUT2D eigenvalue weighted by Gasteiger charge is 2.30. The molecule has 3 heterocycles. The van der Waals surface area contributed by atoms with Crippen LogP contribution in [0.15, 0.2) is 30.6 Å². The number of likely N-dealkylation sites (N-methyl/N-ethyl adjacent to an activating group) is 1. The van der Waals surface area contributed by atoms with Gasteiger partial charge in [-0.3, -0.25) is 9.18 Å². The van der Waals surface area contributed by atoms with E-state index >= 15 is 0 Å². The van der Waals surface area contributed by atoms with Crippen LogP contribution in [0.3, 0.4) is 0 Å². The molecule has 8 nitrogen and oxygen atoms in total. The van der Waals surface area contributed by atoms with Gasteiger partial charge >= 0.3 is 0 Å². The van der Waals surface area contributed by atoms with E-state index in [9.17, 15) is 9.18 Å². The molecule has 152 valence electrons. The Balaban J connectivity index is 0.00000117. The first-order valence-corrected chi connectivity index (χ1v) is 9.67. The molecule has 2 aromatic heterocycles. The standard InChI is InChI=1S/C18H19N7OS.CH3F/c1-5-11(3)25-9-16(26)24(4)15-8-19-18(21-17(15)25)20-12-7-14-13(6-10(12)2)22-27-23-14;1-2/h6-8H,3,5,9H2,1-2,4H3,(H,19,20,21);1H3. The number of benzene rings is 1. The van der Waals surface area contributed by atoms with E-state index in [0.29, 0.717) is 24.6 Å². The summed E-state index contributed by atoms with van der Waals surface area (Å²) in [6.45, 7) is 8.30. The lowest BCUT2D eigenvalue weighted by Crippen LogP contribution is -2.43. The van der Waals surface area contributed by atoms with E-state index in [1.807, 2.05) is 30.9 Å². The summed E-state index contributed by atoms with van der Waals surface area (Å²) in [5.74, 6) is 1.12. The lowest BCUT2D eigenvalue weighted by Gasteiger charge is -2.35. The highest BCUT2D eigenvalue weighted by Crippen LogP contribution is 2.34. The Labute approximate surface area is 172 Å². The number of nitrogens with one attached hydrogen (secondary N) is 1. The number of hydrogen-bond acceptors (Lipinski definition) is 8. The molecule has 3 aromatic rings. The molecule has 0 unspecified atom stereocenters. The number of anilines is 4. The van der Waals surface area contributed by atoms with Crippen LogP contribution in [0.4, 0.5) is 27.5 Å². The summed E-state index contributed by atoms with van der Waals surface area (Å²) in [5.41, 5.74) is 5.11. The quantitative estimate of drug-likeness (QED) is 0.693. The summed E-state index contributed by atoms with van der Waals surface area (Å²) < 4.78 is 18.0. The van der Waals surface area contributed by atoms with Crippen LogP contribution in [0.1, 0.15) is 18.9 Å². The smallest absolute Gasteiger partial charge is 0.246 e. The van der Waals surface area contributed by atoms with Gasteiger partial charge in [0.25, 0.3) is 0 Å². The van der Waals surface area contributed by atoms with Crippen LogP contribution in [0.5, 0.6) is 0 Å². The van der Waals surface area contributed by atoms with Crippen LogP contribution in [-0.2, 0) is 4.79 Å². The van der Waals surface area contributed by atoms with Gasteiger partial charge in [-0.2, -0.15) is 13.7 Å². The largest absolute Gasteiger partial charge is 0.324 e. The Bertz CT molecular complexity index is 1070. The Hall–Kier alpha value is -3.14. The van der Waals surface area contributed by atoms with Crippen LogP contribution in [-0.4, -0.2) is 45.4 Å². The highest BCUT2D eigenvalue weighted by molar-refractivity contribution is 7.00. The van der Waals surface area contributed by atoms with Gasteiger partial charge in [-0.1, -0.05) is 13.5 Å². The van der Waals surface area contributed by atoms with Crippen molar-refractivity contribution in [2.24, 2.45) is 0 Å². The van der Waals surface area contributed by atoms with Gasteiger partial charge in [0, 0.05) is 18.4 Å². The molecule has 1 N–H and O–H groups in total. The van der Waals surface area contributed by atoms with Gasteiger partial charge in [-0.05, 0) is 31.0 Å². The lowest BCUT2D eigenvalue weighted by molar-refractivity contribution is -0.117. The number of alkyl halides is 1. The minimum Gasteiger partial charge on any atom is -0.324 e. The van der Waals surface area contributed by atoms with Crippen molar-refractivity contribution in [2.75, 3.05) is 35.9 Å². The maximum atomic E-state index is 12.3. The van der Waals surface area contributed by atoms with Crippen LogP contribution in [0.2, 0.25) is 0 Å². The van der Waals surface area contributed by atoms with Gasteiger partial charge < -0.3 is 15.1 Å². The summed E-state index contributed by atoms with van der Waals surface area (Å²) in [4.78, 5) is 24.8. The first-order valence-electron chi connectivity index (χ1n) is 8.94. The van der Waals surface area contributed by atoms with E-state index in [0.717, 1.165) is 34.4 Å². The van der Waals surface area contributed by atoms with Gasteiger partial charge in [0.05, 0.1) is 25.1 Å². The molecule has 0 saturated carbocycles. The van der Waals surface area contributed by atoms with Gasteiger partial charge in [0.2, 0.25) is 11.9 Å². The third kappa shape index (κ3) is 3.88. The molecule has 1 aromatic carbocycles. The number of hydrogen-bond donors (Lipinski definition) is 1. The van der Waals surface area contributed by atoms with E-state index in [1.54, 1.807) is 18.1 Å². The van der Waals surface area contributed by atoms with E-state index in [-0.39, 0.29) is 12.5 Å². The first-order chi connectivity index (χ1) is 14.0. The number of amides is 1. The van der Waals surface area contributed by atoms with Crippen molar-refractivity contribution in [2.45, 2.75) is 20.3 Å². The molecule has 1 amide bonds. The minimum absolute atomic E-state index is 0.0151. The van der Waals surface area contributed by atoms with E-state index in [2.05, 4.69) is 30.6 Å². The van der Waals surface area contributed by atoms with Crippen molar-refractivity contribution in [1.82, 2.24) is 18.7 Å². The fourth-order valence-corrected chi connectivity index (χ4v) is 3.47. The predicted octanol–water partition coefficient (Wildman–Crippen LogP) is 3.83. The molecular formula is C19H22FN7OS. The molecule has 0 spiro atoms. The fraction of sp³-hybridized carbons (Fsp3) is 0.316. The fourth-order valence-electron chi connectivity index (χ4n) is 2.96. The van der Waals surface area contributed by atoms with Crippen LogP contribution in [0.25, 0.3) is 11.0 Å². The predicted molar refractivity (Wildman–Crippen MR) is 115 cm³/mol. The second kappa shape index (κ2) is 8.48. The molecule has 1 aliphatic rings. The van der Waals surface area contributed by atoms with Crippen LogP contribution in [0, 0.1) is 6.92 Å². The summed E-state index contributed by atoms with van der Waals surface area (Å²) >= 11 is 1.19. The molecule has 29 heavy (non-hydrogen) atoms. The summed E-state index contributed by atoms with van der Waals surface area (Å²) in [6.07, 6.45) is 2.39. The van der Waals surface area contributed by atoms with Crippen molar-refractivity contribution >= 4 is 51.8 Å². The molecular weight excluding hydrogens is 393 g/mol. The zero-order valence-electron chi connectivity index (χ0n) is 16.7. The zero-order chi connectivity index (χ0) is 21.1. The second-order valence-electron chi connectivity index (χ2n) is 6.41. The van der Waals surface area contributed by atoms with Crippen LogP contribution >= 0.6 is 11.7 Å². The Morgan fingerprint density at radius 1 is 1.31 bits per heavy atom. The summed E-state index contributed by atoms with van der Waals surface area (Å²) in [5, 5.41) is 3.26. The van der Waals surface area contributed by atoms with Crippen molar-refractivity contribution < 1.29 is 9.18 Å². The topological polar surface area (TPSA) is 87.1 Å². The maximum Gasteiger partial charge on any atom is 0.246 e. The second-order valence-corrected chi connectivity index (χ2v) is 6.93. The van der Waals surface area contributed by atoms with Crippen LogP contribution < -0.4 is 15.1 Å². The average Bonchev–Trinajstić information content (AvgIpc) is 3.19. The number of aromatic nitrogens is 4. The number of fused-ring (bicyclic) bond motifs is 2. The molecule has 1 aliphatic heterocycles. The van der Waals surface area contributed by atoms with Gasteiger partial charge in [0.1, 0.15) is 23.3 Å². The van der Waals surface area contributed by atoms with Gasteiger partial charge in [-0.15, -0.1) is 0 Å². The lowest BCUT2D eigenvalue weighted by atomic mass is 10.2. The van der Waals surface area contributed by atoms with Crippen molar-refractivity contribution in [3.05, 3.63) is 36.2 Å². The van der Waals surface area contributed by atoms with Crippen molar-refractivity contribution in [3.8, 4) is 0 Å². The molecule has 0 atom stereocenters. The van der Waals surface area contributed by atoms with Gasteiger partial charge in [-0.25, -0.2) is 4.98 Å². The number of aryl methyl sites for hydroxylation is 1. The molecule has 10 heteroatoms.